The van der Waals surface area contributed by atoms with Crippen LogP contribution in [0.4, 0.5) is 5.69 Å². The van der Waals surface area contributed by atoms with Crippen LogP contribution in [0.3, 0.4) is 0 Å². The van der Waals surface area contributed by atoms with E-state index in [2.05, 4.69) is 5.32 Å². The van der Waals surface area contributed by atoms with Crippen LogP contribution in [0.5, 0.6) is 0 Å². The Hall–Kier alpha value is -2.04. The lowest BCUT2D eigenvalue weighted by Gasteiger charge is -2.23. The van der Waals surface area contributed by atoms with E-state index >= 15 is 0 Å². The Morgan fingerprint density at radius 1 is 1.38 bits per heavy atom. The van der Waals surface area contributed by atoms with E-state index < -0.39 is 5.97 Å². The van der Waals surface area contributed by atoms with Crippen molar-refractivity contribution >= 4 is 17.6 Å². The Balaban J connectivity index is 1.76. The van der Waals surface area contributed by atoms with E-state index in [0.29, 0.717) is 13.1 Å². The van der Waals surface area contributed by atoms with Crippen LogP contribution in [0.2, 0.25) is 0 Å². The zero-order chi connectivity index (χ0) is 14.8. The van der Waals surface area contributed by atoms with Crippen LogP contribution in [0.25, 0.3) is 0 Å². The number of hydrogen-bond acceptors (Lipinski definition) is 3. The highest BCUT2D eigenvalue weighted by atomic mass is 16.4. The molecule has 2 heterocycles. The van der Waals surface area contributed by atoms with Gasteiger partial charge in [-0.15, -0.1) is 0 Å². The average Bonchev–Trinajstić information content (AvgIpc) is 2.93. The number of nitrogens with zero attached hydrogens (tertiary/aromatic N) is 1. The first kappa shape index (κ1) is 13.9. The number of carbonyl (C=O) groups is 2. The maximum Gasteiger partial charge on any atom is 0.303 e. The second-order valence-electron chi connectivity index (χ2n) is 5.87. The summed E-state index contributed by atoms with van der Waals surface area (Å²) < 4.78 is 0. The number of nitrogens with one attached hydrogen (secondary N) is 1. The Labute approximate surface area is 123 Å². The third-order valence-electron chi connectivity index (χ3n) is 4.36. The molecule has 1 aromatic rings. The number of aliphatic carboxylic acids is 1. The summed E-state index contributed by atoms with van der Waals surface area (Å²) in [6.07, 6.45) is 2.90. The van der Waals surface area contributed by atoms with Crippen LogP contribution < -0.4 is 5.32 Å². The predicted octanol–water partition coefficient (Wildman–Crippen LogP) is 1.98. The maximum atomic E-state index is 12.7. The van der Waals surface area contributed by atoms with Crippen molar-refractivity contribution in [3.63, 3.8) is 0 Å². The summed E-state index contributed by atoms with van der Waals surface area (Å²) in [6, 6.07) is 5.82. The zero-order valence-electron chi connectivity index (χ0n) is 12.0. The number of fused-ring (bicyclic) bond motifs is 1. The van der Waals surface area contributed by atoms with Crippen molar-refractivity contribution in [2.24, 2.45) is 5.92 Å². The fourth-order valence-corrected chi connectivity index (χ4v) is 3.31. The monoisotopic (exact) mass is 288 g/mol. The number of carboxylic acids is 1. The van der Waals surface area contributed by atoms with Crippen LogP contribution in [0.15, 0.2) is 18.2 Å². The molecule has 2 N–H and O–H groups in total. The molecule has 1 unspecified atom stereocenters. The number of anilines is 1. The largest absolute Gasteiger partial charge is 0.481 e. The molecule has 1 amide bonds. The molecule has 5 heteroatoms. The highest BCUT2D eigenvalue weighted by Gasteiger charge is 2.30. The van der Waals surface area contributed by atoms with Gasteiger partial charge in [-0.1, -0.05) is 6.07 Å². The molecule has 0 aromatic heterocycles. The molecule has 0 radical (unpaired) electrons. The summed E-state index contributed by atoms with van der Waals surface area (Å²) in [5, 5.41) is 12.2. The van der Waals surface area contributed by atoms with Gasteiger partial charge in [-0.3, -0.25) is 9.59 Å². The summed E-state index contributed by atoms with van der Waals surface area (Å²) in [4.78, 5) is 25.3. The Kier molecular flexibility index (Phi) is 3.82. The van der Waals surface area contributed by atoms with Crippen LogP contribution in [0, 0.1) is 5.92 Å². The summed E-state index contributed by atoms with van der Waals surface area (Å²) >= 11 is 0. The Morgan fingerprint density at radius 2 is 2.24 bits per heavy atom. The highest BCUT2D eigenvalue weighted by Crippen LogP contribution is 2.28. The van der Waals surface area contributed by atoms with Crippen LogP contribution in [0.1, 0.15) is 35.2 Å². The highest BCUT2D eigenvalue weighted by molar-refractivity contribution is 5.97. The van der Waals surface area contributed by atoms with E-state index in [4.69, 9.17) is 5.11 Å². The number of carboxylic acid groups (broad SMARTS) is 1. The molecule has 5 nitrogen and oxygen atoms in total. The van der Waals surface area contributed by atoms with E-state index in [9.17, 15) is 9.59 Å². The van der Waals surface area contributed by atoms with Gasteiger partial charge in [-0.05, 0) is 42.9 Å². The number of carbonyl (C=O) groups excluding carboxylic acids is 1. The van der Waals surface area contributed by atoms with Gasteiger partial charge in [-0.25, -0.2) is 0 Å². The van der Waals surface area contributed by atoms with Gasteiger partial charge < -0.3 is 15.3 Å². The summed E-state index contributed by atoms with van der Waals surface area (Å²) in [5.74, 6) is -0.650. The van der Waals surface area contributed by atoms with Gasteiger partial charge in [0.1, 0.15) is 0 Å². The molecule has 112 valence electrons. The molecule has 0 spiro atoms. The first-order chi connectivity index (χ1) is 10.1. The molecule has 0 bridgehead atoms. The molecular weight excluding hydrogens is 268 g/mol. The lowest BCUT2D eigenvalue weighted by molar-refractivity contribution is -0.138. The van der Waals surface area contributed by atoms with Crippen molar-refractivity contribution in [3.05, 3.63) is 29.3 Å². The zero-order valence-corrected chi connectivity index (χ0v) is 12.0. The van der Waals surface area contributed by atoms with Crippen molar-refractivity contribution < 1.29 is 14.7 Å². The van der Waals surface area contributed by atoms with Gasteiger partial charge in [0.15, 0.2) is 0 Å². The molecule has 0 saturated carbocycles. The van der Waals surface area contributed by atoms with Crippen LogP contribution in [-0.2, 0) is 11.2 Å². The summed E-state index contributed by atoms with van der Waals surface area (Å²) in [5.41, 5.74) is 2.94. The second-order valence-corrected chi connectivity index (χ2v) is 5.87. The maximum absolute atomic E-state index is 12.7. The number of hydrogen-bond donors (Lipinski definition) is 2. The third kappa shape index (κ3) is 2.86. The normalized spacial score (nSPS) is 20.8. The van der Waals surface area contributed by atoms with Gasteiger partial charge >= 0.3 is 5.97 Å². The molecule has 0 aliphatic carbocycles. The van der Waals surface area contributed by atoms with Crippen molar-refractivity contribution in [1.29, 1.82) is 0 Å². The van der Waals surface area contributed by atoms with Gasteiger partial charge in [0, 0.05) is 37.3 Å². The quantitative estimate of drug-likeness (QED) is 0.892. The Morgan fingerprint density at radius 3 is 3.05 bits per heavy atom. The van der Waals surface area contributed by atoms with E-state index in [1.807, 2.05) is 18.2 Å². The van der Waals surface area contributed by atoms with E-state index in [-0.39, 0.29) is 18.2 Å². The first-order valence-corrected chi connectivity index (χ1v) is 7.52. The van der Waals surface area contributed by atoms with Gasteiger partial charge in [0.25, 0.3) is 5.91 Å². The molecule has 1 saturated heterocycles. The topological polar surface area (TPSA) is 69.6 Å². The number of amides is 1. The fraction of sp³-hybridized carbons (Fsp3) is 0.500. The number of benzene rings is 1. The lowest BCUT2D eigenvalue weighted by atomic mass is 9.97. The minimum absolute atomic E-state index is 0.0449. The van der Waals surface area contributed by atoms with E-state index in [1.54, 1.807) is 4.90 Å². The minimum atomic E-state index is -0.782. The molecule has 21 heavy (non-hydrogen) atoms. The van der Waals surface area contributed by atoms with Crippen molar-refractivity contribution in [1.82, 2.24) is 4.90 Å². The van der Waals surface area contributed by atoms with Crippen molar-refractivity contribution in [3.8, 4) is 0 Å². The number of likely N-dealkylation sites (tertiary alicyclic amines) is 1. The smallest absolute Gasteiger partial charge is 0.303 e. The number of rotatable bonds is 3. The van der Waals surface area contributed by atoms with Gasteiger partial charge in [-0.2, -0.15) is 0 Å². The summed E-state index contributed by atoms with van der Waals surface area (Å²) in [7, 11) is 0. The van der Waals surface area contributed by atoms with Crippen LogP contribution in [-0.4, -0.2) is 41.5 Å². The molecule has 3 rings (SSSR count). The first-order valence-electron chi connectivity index (χ1n) is 7.52. The molecule has 2 aliphatic rings. The minimum Gasteiger partial charge on any atom is -0.481 e. The average molecular weight is 288 g/mol. The van der Waals surface area contributed by atoms with Crippen molar-refractivity contribution in [2.45, 2.75) is 25.7 Å². The van der Waals surface area contributed by atoms with Gasteiger partial charge in [0.05, 0.1) is 0 Å². The SMILES string of the molecule is O=C(O)CC1CCN(C(=O)c2cccc3c2CCCN3)C1. The van der Waals surface area contributed by atoms with Crippen molar-refractivity contribution in [2.75, 3.05) is 25.0 Å². The molecule has 2 aliphatic heterocycles. The molecule has 1 fully saturated rings. The van der Waals surface area contributed by atoms with E-state index in [1.165, 1.54) is 0 Å². The second kappa shape index (κ2) is 5.76. The standard InChI is InChI=1S/C16H20N2O3/c19-15(20)9-11-6-8-18(10-11)16(21)13-3-1-5-14-12(13)4-2-7-17-14/h1,3,5,11,17H,2,4,6-10H2,(H,19,20). The fourth-order valence-electron chi connectivity index (χ4n) is 3.31. The predicted molar refractivity (Wildman–Crippen MR) is 79.5 cm³/mol. The lowest BCUT2D eigenvalue weighted by Crippen LogP contribution is -2.30. The molecule has 1 atom stereocenters. The molecule has 1 aromatic carbocycles. The summed E-state index contributed by atoms with van der Waals surface area (Å²) in [6.45, 7) is 2.17. The molecular formula is C16H20N2O3. The Bertz CT molecular complexity index is 571. The van der Waals surface area contributed by atoms with E-state index in [0.717, 1.165) is 42.6 Å². The third-order valence-corrected chi connectivity index (χ3v) is 4.36. The van der Waals surface area contributed by atoms with Gasteiger partial charge in [0.2, 0.25) is 0 Å². The van der Waals surface area contributed by atoms with Crippen LogP contribution >= 0.6 is 0 Å².